The molecule has 0 spiro atoms. The summed E-state index contributed by atoms with van der Waals surface area (Å²) in [4.78, 5) is 11.0. The van der Waals surface area contributed by atoms with Crippen molar-refractivity contribution < 1.29 is 14.6 Å². The van der Waals surface area contributed by atoms with E-state index in [0.717, 1.165) is 31.6 Å². The minimum absolute atomic E-state index is 0.0590. The second-order valence-corrected chi connectivity index (χ2v) is 5.14. The number of ether oxygens (including phenoxy) is 1. The summed E-state index contributed by atoms with van der Waals surface area (Å²) in [6.45, 7) is 1.46. The van der Waals surface area contributed by atoms with Gasteiger partial charge in [-0.3, -0.25) is 4.79 Å². The number of aliphatic carboxylic acids is 1. The Morgan fingerprint density at radius 1 is 1.33 bits per heavy atom. The van der Waals surface area contributed by atoms with Gasteiger partial charge >= 0.3 is 5.97 Å². The maximum Gasteiger partial charge on any atom is 0.303 e. The maximum absolute atomic E-state index is 11.0. The summed E-state index contributed by atoms with van der Waals surface area (Å²) in [5.74, 6) is -0.305. The molecule has 1 heterocycles. The number of hydrogen-bond donors (Lipinski definition) is 1. The summed E-state index contributed by atoms with van der Waals surface area (Å²) in [5.41, 5.74) is 1.06. The highest BCUT2D eigenvalue weighted by Crippen LogP contribution is 2.35. The molecule has 1 aromatic rings. The van der Waals surface area contributed by atoms with E-state index < -0.39 is 5.97 Å². The Hall–Kier alpha value is -1.06. The van der Waals surface area contributed by atoms with E-state index in [0.29, 0.717) is 10.9 Å². The van der Waals surface area contributed by atoms with Gasteiger partial charge < -0.3 is 9.84 Å². The van der Waals surface area contributed by atoms with Gasteiger partial charge in [0.1, 0.15) is 0 Å². The number of hydrogen-bond acceptors (Lipinski definition) is 2. The fraction of sp³-hybridized carbons (Fsp3) is 0.500. The predicted octanol–water partition coefficient (Wildman–Crippen LogP) is 3.32. The topological polar surface area (TPSA) is 46.5 Å². The third-order valence-corrected chi connectivity index (χ3v) is 3.78. The average Bonchev–Trinajstić information content (AvgIpc) is 2.38. The minimum Gasteiger partial charge on any atom is -0.481 e. The molecule has 1 aromatic carbocycles. The molecule has 1 unspecified atom stereocenters. The van der Waals surface area contributed by atoms with Crippen molar-refractivity contribution in [1.29, 1.82) is 0 Å². The average molecular weight is 269 g/mol. The summed E-state index contributed by atoms with van der Waals surface area (Å²) >= 11 is 5.87. The van der Waals surface area contributed by atoms with Crippen LogP contribution in [0.15, 0.2) is 24.3 Å². The second kappa shape index (κ2) is 6.21. The van der Waals surface area contributed by atoms with Gasteiger partial charge in [-0.2, -0.15) is 0 Å². The van der Waals surface area contributed by atoms with Crippen molar-refractivity contribution in [3.05, 3.63) is 34.9 Å². The molecule has 1 saturated heterocycles. The van der Waals surface area contributed by atoms with E-state index >= 15 is 0 Å². The summed E-state index contributed by atoms with van der Waals surface area (Å²) < 4.78 is 5.34. The van der Waals surface area contributed by atoms with Crippen LogP contribution in [0.25, 0.3) is 0 Å². The zero-order valence-corrected chi connectivity index (χ0v) is 10.9. The molecule has 1 fully saturated rings. The Morgan fingerprint density at radius 2 is 1.94 bits per heavy atom. The van der Waals surface area contributed by atoms with Crippen LogP contribution in [0.4, 0.5) is 0 Å². The van der Waals surface area contributed by atoms with Crippen molar-refractivity contribution >= 4 is 17.6 Å². The molecular formula is C14H17ClO3. The number of rotatable bonds is 4. The summed E-state index contributed by atoms with van der Waals surface area (Å²) in [6, 6.07) is 7.52. The van der Waals surface area contributed by atoms with Gasteiger partial charge in [-0.05, 0) is 42.4 Å². The van der Waals surface area contributed by atoms with Crippen LogP contribution in [0.2, 0.25) is 5.02 Å². The van der Waals surface area contributed by atoms with E-state index in [4.69, 9.17) is 21.4 Å². The van der Waals surface area contributed by atoms with E-state index in [2.05, 4.69) is 0 Å². The van der Waals surface area contributed by atoms with Crippen molar-refractivity contribution in [1.82, 2.24) is 0 Å². The summed E-state index contributed by atoms with van der Waals surface area (Å²) in [5, 5.41) is 9.75. The molecular weight excluding hydrogens is 252 g/mol. The standard InChI is InChI=1S/C14H17ClO3/c15-12-3-1-10(2-4-12)13(9-14(16)17)11-5-7-18-8-6-11/h1-4,11,13H,5-9H2,(H,16,17). The molecule has 18 heavy (non-hydrogen) atoms. The van der Waals surface area contributed by atoms with Gasteiger partial charge in [0.25, 0.3) is 0 Å². The molecule has 4 heteroatoms. The van der Waals surface area contributed by atoms with Crippen molar-refractivity contribution in [2.75, 3.05) is 13.2 Å². The first-order valence-electron chi connectivity index (χ1n) is 6.22. The highest BCUT2D eigenvalue weighted by Gasteiger charge is 2.27. The molecule has 3 nitrogen and oxygen atoms in total. The number of benzene rings is 1. The monoisotopic (exact) mass is 268 g/mol. The fourth-order valence-electron chi connectivity index (χ4n) is 2.57. The molecule has 1 aliphatic rings. The van der Waals surface area contributed by atoms with Crippen LogP contribution in [-0.4, -0.2) is 24.3 Å². The van der Waals surface area contributed by atoms with Gasteiger partial charge in [-0.1, -0.05) is 23.7 Å². The Bertz CT molecular complexity index is 396. The molecule has 2 rings (SSSR count). The zero-order valence-electron chi connectivity index (χ0n) is 10.1. The number of halogens is 1. The second-order valence-electron chi connectivity index (χ2n) is 4.71. The Balaban J connectivity index is 2.17. The van der Waals surface area contributed by atoms with E-state index in [9.17, 15) is 4.79 Å². The highest BCUT2D eigenvalue weighted by molar-refractivity contribution is 6.30. The molecule has 0 saturated carbocycles. The van der Waals surface area contributed by atoms with Crippen molar-refractivity contribution in [3.8, 4) is 0 Å². The minimum atomic E-state index is -0.749. The number of carboxylic acids is 1. The van der Waals surface area contributed by atoms with E-state index in [1.165, 1.54) is 0 Å². The third-order valence-electron chi connectivity index (χ3n) is 3.53. The smallest absolute Gasteiger partial charge is 0.303 e. The van der Waals surface area contributed by atoms with Crippen LogP contribution >= 0.6 is 11.6 Å². The van der Waals surface area contributed by atoms with Gasteiger partial charge in [-0.25, -0.2) is 0 Å². The predicted molar refractivity (Wildman–Crippen MR) is 70.0 cm³/mol. The van der Waals surface area contributed by atoms with Gasteiger partial charge in [0, 0.05) is 18.2 Å². The van der Waals surface area contributed by atoms with Crippen LogP contribution in [0.3, 0.4) is 0 Å². The van der Waals surface area contributed by atoms with Crippen LogP contribution < -0.4 is 0 Å². The van der Waals surface area contributed by atoms with Gasteiger partial charge in [0.2, 0.25) is 0 Å². The largest absolute Gasteiger partial charge is 0.481 e. The van der Waals surface area contributed by atoms with Gasteiger partial charge in [-0.15, -0.1) is 0 Å². The first kappa shape index (κ1) is 13.4. The zero-order chi connectivity index (χ0) is 13.0. The normalized spacial score (nSPS) is 18.5. The lowest BCUT2D eigenvalue weighted by atomic mass is 9.79. The lowest BCUT2D eigenvalue weighted by Crippen LogP contribution is -2.24. The van der Waals surface area contributed by atoms with E-state index in [-0.39, 0.29) is 12.3 Å². The lowest BCUT2D eigenvalue weighted by molar-refractivity contribution is -0.138. The SMILES string of the molecule is O=C(O)CC(c1ccc(Cl)cc1)C1CCOCC1. The molecule has 0 aliphatic carbocycles. The molecule has 98 valence electrons. The molecule has 1 atom stereocenters. The quantitative estimate of drug-likeness (QED) is 0.911. The van der Waals surface area contributed by atoms with Crippen LogP contribution in [0.5, 0.6) is 0 Å². The van der Waals surface area contributed by atoms with Gasteiger partial charge in [0.15, 0.2) is 0 Å². The molecule has 0 bridgehead atoms. The first-order chi connectivity index (χ1) is 8.66. The van der Waals surface area contributed by atoms with Crippen LogP contribution in [0, 0.1) is 5.92 Å². The number of carboxylic acid groups (broad SMARTS) is 1. The maximum atomic E-state index is 11.0. The molecule has 0 aromatic heterocycles. The van der Waals surface area contributed by atoms with Crippen molar-refractivity contribution in [3.63, 3.8) is 0 Å². The Labute approximate surface area is 112 Å². The highest BCUT2D eigenvalue weighted by atomic mass is 35.5. The Kier molecular flexibility index (Phi) is 4.61. The summed E-state index contributed by atoms with van der Waals surface area (Å²) in [7, 11) is 0. The summed E-state index contributed by atoms with van der Waals surface area (Å²) in [6.07, 6.45) is 2.04. The van der Waals surface area contributed by atoms with E-state index in [1.807, 2.05) is 24.3 Å². The lowest BCUT2D eigenvalue weighted by Gasteiger charge is -2.29. The number of carbonyl (C=O) groups is 1. The molecule has 0 radical (unpaired) electrons. The fourth-order valence-corrected chi connectivity index (χ4v) is 2.70. The van der Waals surface area contributed by atoms with Crippen molar-refractivity contribution in [2.24, 2.45) is 5.92 Å². The molecule has 0 amide bonds. The van der Waals surface area contributed by atoms with Gasteiger partial charge in [0.05, 0.1) is 6.42 Å². The first-order valence-corrected chi connectivity index (χ1v) is 6.59. The van der Waals surface area contributed by atoms with Crippen molar-refractivity contribution in [2.45, 2.75) is 25.2 Å². The van der Waals surface area contributed by atoms with E-state index in [1.54, 1.807) is 0 Å². The third kappa shape index (κ3) is 3.47. The molecule has 1 aliphatic heterocycles. The Morgan fingerprint density at radius 3 is 2.50 bits per heavy atom. The molecule has 1 N–H and O–H groups in total. The van der Waals surface area contributed by atoms with Crippen LogP contribution in [-0.2, 0) is 9.53 Å². The van der Waals surface area contributed by atoms with Crippen LogP contribution in [0.1, 0.15) is 30.7 Å².